The van der Waals surface area contributed by atoms with Gasteiger partial charge < -0.3 is 15.2 Å². The third kappa shape index (κ3) is 1.66. The number of aliphatic hydroxyl groups is 2. The lowest BCUT2D eigenvalue weighted by Gasteiger charge is -2.63. The highest BCUT2D eigenvalue weighted by atomic mass is 16.3. The fraction of sp³-hybridized carbons (Fsp3) is 0.579. The summed E-state index contributed by atoms with van der Waals surface area (Å²) < 4.78 is 0. The maximum Gasteiger partial charge on any atom is 0.0510 e. The third-order valence-corrected chi connectivity index (χ3v) is 6.94. The Morgan fingerprint density at radius 1 is 1.17 bits per heavy atom. The molecule has 2 aromatic rings. The van der Waals surface area contributed by atoms with Crippen molar-refractivity contribution >= 4 is 10.9 Å². The van der Waals surface area contributed by atoms with Crippen LogP contribution >= 0.6 is 0 Å². The van der Waals surface area contributed by atoms with Gasteiger partial charge in [0, 0.05) is 53.7 Å². The van der Waals surface area contributed by atoms with Crippen molar-refractivity contribution in [2.45, 2.75) is 37.9 Å². The van der Waals surface area contributed by atoms with Gasteiger partial charge in [0.25, 0.3) is 0 Å². The van der Waals surface area contributed by atoms with Crippen LogP contribution in [0.3, 0.4) is 0 Å². The molecule has 4 aliphatic heterocycles. The van der Waals surface area contributed by atoms with Crippen molar-refractivity contribution in [2.24, 2.45) is 17.8 Å². The first-order chi connectivity index (χ1) is 11.2. The van der Waals surface area contributed by atoms with Crippen LogP contribution in [-0.2, 0) is 6.42 Å². The summed E-state index contributed by atoms with van der Waals surface area (Å²) in [4.78, 5) is 6.27. The lowest BCUT2D eigenvalue weighted by Crippen LogP contribution is -2.67. The summed E-state index contributed by atoms with van der Waals surface area (Å²) in [6, 6.07) is 9.79. The lowest BCUT2D eigenvalue weighted by molar-refractivity contribution is -0.154. The summed E-state index contributed by atoms with van der Waals surface area (Å²) >= 11 is 0. The number of nitrogens with zero attached hydrogens (tertiary/aromatic N) is 1. The highest BCUT2D eigenvalue weighted by molar-refractivity contribution is 5.85. The van der Waals surface area contributed by atoms with E-state index in [0.29, 0.717) is 35.9 Å². The van der Waals surface area contributed by atoms with Crippen LogP contribution in [0.4, 0.5) is 0 Å². The van der Waals surface area contributed by atoms with Gasteiger partial charge in [0.1, 0.15) is 0 Å². The van der Waals surface area contributed by atoms with E-state index in [2.05, 4.69) is 41.1 Å². The molecule has 6 rings (SSSR count). The number of nitrogens with one attached hydrogen (secondary N) is 1. The minimum absolute atomic E-state index is 0.234. The monoisotopic (exact) mass is 312 g/mol. The molecule has 0 radical (unpaired) electrons. The number of fused-ring (bicyclic) bond motifs is 4. The molecule has 3 fully saturated rings. The number of hydrogen-bond acceptors (Lipinski definition) is 3. The van der Waals surface area contributed by atoms with Gasteiger partial charge in [-0.15, -0.1) is 0 Å². The molecule has 7 atom stereocenters. The average molecular weight is 312 g/mol. The van der Waals surface area contributed by atoms with E-state index in [1.807, 2.05) is 0 Å². The Morgan fingerprint density at radius 2 is 1.96 bits per heavy atom. The van der Waals surface area contributed by atoms with E-state index >= 15 is 0 Å². The smallest absolute Gasteiger partial charge is 0.0510 e. The van der Waals surface area contributed by atoms with Crippen LogP contribution in [0.25, 0.3) is 10.9 Å². The highest BCUT2D eigenvalue weighted by Gasteiger charge is 2.57. The zero-order valence-electron chi connectivity index (χ0n) is 13.4. The van der Waals surface area contributed by atoms with E-state index < -0.39 is 0 Å². The largest absolute Gasteiger partial charge is 0.396 e. The lowest BCUT2D eigenvalue weighted by atomic mass is 9.60. The van der Waals surface area contributed by atoms with Crippen LogP contribution in [0.2, 0.25) is 0 Å². The van der Waals surface area contributed by atoms with Gasteiger partial charge in [-0.25, -0.2) is 0 Å². The minimum atomic E-state index is 0.234. The van der Waals surface area contributed by atoms with E-state index in [9.17, 15) is 10.2 Å². The number of aromatic amines is 1. The third-order valence-electron chi connectivity index (χ3n) is 6.94. The van der Waals surface area contributed by atoms with Gasteiger partial charge in [-0.3, -0.25) is 4.90 Å². The van der Waals surface area contributed by atoms with Gasteiger partial charge in [-0.1, -0.05) is 18.2 Å². The van der Waals surface area contributed by atoms with Crippen molar-refractivity contribution in [1.29, 1.82) is 0 Å². The first kappa shape index (κ1) is 14.0. The zero-order valence-corrected chi connectivity index (χ0v) is 13.4. The van der Waals surface area contributed by atoms with Crippen LogP contribution in [0.1, 0.15) is 30.6 Å². The second-order valence-electron chi connectivity index (χ2n) is 7.63. The standard InChI is InChI=1S/C19H24N2O2/c1-10-14(8-22)12-6-18-19-13(7-17(21(10)18)15(12)9-23)11-4-2-3-5-16(11)20-19/h2-5,10,12,14-15,17-18,20,22-23H,6-9H2,1H3/t10-,12+,14-,15?,17-,18-/m1/s1. The van der Waals surface area contributed by atoms with Gasteiger partial charge >= 0.3 is 0 Å². The molecule has 5 heterocycles. The predicted octanol–water partition coefficient (Wildman–Crippen LogP) is 2.07. The Labute approximate surface area is 136 Å². The molecule has 4 bridgehead atoms. The van der Waals surface area contributed by atoms with Crippen LogP contribution in [0, 0.1) is 17.8 Å². The molecule has 4 heteroatoms. The summed E-state index contributed by atoms with van der Waals surface area (Å²) in [6.07, 6.45) is 2.07. The molecule has 4 nitrogen and oxygen atoms in total. The van der Waals surface area contributed by atoms with Gasteiger partial charge in [0.15, 0.2) is 0 Å². The maximum absolute atomic E-state index is 10.0. The Morgan fingerprint density at radius 3 is 2.74 bits per heavy atom. The Bertz CT molecular complexity index is 755. The summed E-state index contributed by atoms with van der Waals surface area (Å²) in [5, 5.41) is 21.2. The van der Waals surface area contributed by atoms with Crippen LogP contribution in [0.15, 0.2) is 24.3 Å². The molecule has 1 aromatic carbocycles. The number of H-pyrrole nitrogens is 1. The number of hydrogen-bond donors (Lipinski definition) is 3. The molecule has 2 unspecified atom stereocenters. The zero-order chi connectivity index (χ0) is 15.7. The topological polar surface area (TPSA) is 59.5 Å². The number of rotatable bonds is 2. The van der Waals surface area contributed by atoms with Gasteiger partial charge in [-0.05, 0) is 37.3 Å². The molecule has 0 aliphatic carbocycles. The van der Waals surface area contributed by atoms with Crippen molar-refractivity contribution in [3.05, 3.63) is 35.5 Å². The maximum atomic E-state index is 10.0. The quantitative estimate of drug-likeness (QED) is 0.796. The van der Waals surface area contributed by atoms with E-state index in [1.165, 1.54) is 22.2 Å². The number of para-hydroxylation sites is 1. The number of benzene rings is 1. The molecular weight excluding hydrogens is 288 g/mol. The van der Waals surface area contributed by atoms with Crippen molar-refractivity contribution in [3.8, 4) is 0 Å². The molecule has 4 aliphatic rings. The SMILES string of the molecule is C[C@@H]1[C@@H](CO)[C@@H]2C[C@@H]3c4[nH]c5ccccc5c4C[C@H](C2CO)N31. The fourth-order valence-corrected chi connectivity index (χ4v) is 5.95. The molecule has 1 aromatic heterocycles. The molecule has 122 valence electrons. The molecule has 23 heavy (non-hydrogen) atoms. The van der Waals surface area contributed by atoms with E-state index in [4.69, 9.17) is 0 Å². The van der Waals surface area contributed by atoms with Crippen LogP contribution in [0.5, 0.6) is 0 Å². The second kappa shape index (κ2) is 4.82. The molecule has 0 spiro atoms. The first-order valence-corrected chi connectivity index (χ1v) is 8.83. The summed E-state index contributed by atoms with van der Waals surface area (Å²) in [5.41, 5.74) is 4.07. The van der Waals surface area contributed by atoms with Crippen molar-refractivity contribution in [2.75, 3.05) is 13.2 Å². The van der Waals surface area contributed by atoms with E-state index in [-0.39, 0.29) is 13.2 Å². The van der Waals surface area contributed by atoms with E-state index in [0.717, 1.165) is 12.8 Å². The summed E-state index contributed by atoms with van der Waals surface area (Å²) in [7, 11) is 0. The Balaban J connectivity index is 1.68. The van der Waals surface area contributed by atoms with Gasteiger partial charge in [-0.2, -0.15) is 0 Å². The van der Waals surface area contributed by atoms with E-state index in [1.54, 1.807) is 0 Å². The average Bonchev–Trinajstić information content (AvgIpc) is 2.94. The number of piperidine rings is 3. The molecular formula is C19H24N2O2. The molecule has 3 saturated heterocycles. The summed E-state index contributed by atoms with van der Waals surface area (Å²) in [5.74, 6) is 1.02. The molecule has 3 N–H and O–H groups in total. The van der Waals surface area contributed by atoms with Crippen LogP contribution in [-0.4, -0.2) is 45.4 Å². The van der Waals surface area contributed by atoms with Crippen LogP contribution < -0.4 is 0 Å². The Hall–Kier alpha value is -1.36. The fourth-order valence-electron chi connectivity index (χ4n) is 5.95. The second-order valence-corrected chi connectivity index (χ2v) is 7.63. The summed E-state index contributed by atoms with van der Waals surface area (Å²) in [6.45, 7) is 2.73. The molecule has 0 saturated carbocycles. The minimum Gasteiger partial charge on any atom is -0.396 e. The van der Waals surface area contributed by atoms with Gasteiger partial charge in [0.05, 0.1) is 6.04 Å². The first-order valence-electron chi connectivity index (χ1n) is 8.83. The predicted molar refractivity (Wildman–Crippen MR) is 89.1 cm³/mol. The number of aliphatic hydroxyl groups excluding tert-OH is 2. The normalized spacial score (nSPS) is 41.3. The number of aromatic nitrogens is 1. The van der Waals surface area contributed by atoms with Crippen molar-refractivity contribution in [3.63, 3.8) is 0 Å². The molecule has 0 amide bonds. The van der Waals surface area contributed by atoms with Crippen molar-refractivity contribution < 1.29 is 10.2 Å². The Kier molecular flexibility index (Phi) is 2.94. The van der Waals surface area contributed by atoms with Crippen molar-refractivity contribution in [1.82, 2.24) is 9.88 Å². The highest BCUT2D eigenvalue weighted by Crippen LogP contribution is 2.56. The van der Waals surface area contributed by atoms with Gasteiger partial charge in [0.2, 0.25) is 0 Å².